The number of rotatable bonds is 7. The van der Waals surface area contributed by atoms with Crippen molar-refractivity contribution in [1.82, 2.24) is 19.6 Å². The van der Waals surface area contributed by atoms with Gasteiger partial charge in [0.15, 0.2) is 0 Å². The molecule has 0 radical (unpaired) electrons. The monoisotopic (exact) mass is 470 g/mol. The van der Waals surface area contributed by atoms with Crippen LogP contribution in [0.2, 0.25) is 0 Å². The molecule has 9 nitrogen and oxygen atoms in total. The lowest BCUT2D eigenvalue weighted by Gasteiger charge is -2.26. The maximum absolute atomic E-state index is 12.6. The van der Waals surface area contributed by atoms with Crippen LogP contribution in [0.3, 0.4) is 0 Å². The summed E-state index contributed by atoms with van der Waals surface area (Å²) >= 11 is 0. The van der Waals surface area contributed by atoms with Crippen LogP contribution >= 0.6 is 12.4 Å². The Balaban J connectivity index is 0.00000171. The van der Waals surface area contributed by atoms with Crippen molar-refractivity contribution in [3.05, 3.63) is 42.2 Å². The molecule has 2 saturated heterocycles. The lowest BCUT2D eigenvalue weighted by Crippen LogP contribution is -2.40. The van der Waals surface area contributed by atoms with E-state index in [2.05, 4.69) is 16.9 Å². The second-order valence-corrected chi connectivity index (χ2v) is 7.80. The standard InChI is InChI=1S/C22H30N4O3.ClH.2H2O/c1-18-4-2-9-24(18)10-3-13-29-21-7-5-20(6-8-21)26-17-19(16-23-26)22(27)25-11-14-28-15-12-25;;;/h5-8,16-18H,2-4,9-15H2,1H3;1H;2*1H2/t18-;;;/m1.../s1. The molecule has 2 aliphatic rings. The van der Waals surface area contributed by atoms with E-state index < -0.39 is 0 Å². The van der Waals surface area contributed by atoms with E-state index in [0.717, 1.165) is 31.0 Å². The maximum Gasteiger partial charge on any atom is 0.257 e. The van der Waals surface area contributed by atoms with Crippen LogP contribution in [0.4, 0.5) is 0 Å². The highest BCUT2D eigenvalue weighted by Crippen LogP contribution is 2.18. The number of ether oxygens (including phenoxy) is 2. The Hall–Kier alpha value is -2.17. The van der Waals surface area contributed by atoms with Gasteiger partial charge in [-0.1, -0.05) is 0 Å². The Bertz CT molecular complexity index is 811. The van der Waals surface area contributed by atoms with E-state index in [1.807, 2.05) is 29.2 Å². The molecule has 4 N–H and O–H groups in total. The van der Waals surface area contributed by atoms with Gasteiger partial charge in [-0.25, -0.2) is 4.68 Å². The summed E-state index contributed by atoms with van der Waals surface area (Å²) in [6.45, 7) is 7.81. The van der Waals surface area contributed by atoms with E-state index in [-0.39, 0.29) is 29.3 Å². The highest BCUT2D eigenvalue weighted by atomic mass is 35.5. The zero-order valence-corrected chi connectivity index (χ0v) is 19.4. The van der Waals surface area contributed by atoms with Crippen LogP contribution in [-0.2, 0) is 4.74 Å². The molecule has 1 atom stereocenters. The third-order valence-corrected chi connectivity index (χ3v) is 5.78. The summed E-state index contributed by atoms with van der Waals surface area (Å²) in [5.41, 5.74) is 1.51. The maximum atomic E-state index is 12.6. The van der Waals surface area contributed by atoms with Crippen molar-refractivity contribution >= 4 is 18.3 Å². The lowest BCUT2D eigenvalue weighted by atomic mass is 10.2. The SMILES string of the molecule is C[C@@H]1CCCN1CCCOc1ccc(-n2cc(C(=O)N3CCOCC3)cn2)cc1.Cl.O.O. The second-order valence-electron chi connectivity index (χ2n) is 7.80. The van der Waals surface area contributed by atoms with Crippen LogP contribution in [0.15, 0.2) is 36.7 Å². The average Bonchev–Trinajstić information content (AvgIpc) is 3.41. The largest absolute Gasteiger partial charge is 0.494 e. The zero-order valence-electron chi connectivity index (χ0n) is 18.5. The van der Waals surface area contributed by atoms with Gasteiger partial charge in [0.1, 0.15) is 5.75 Å². The van der Waals surface area contributed by atoms with E-state index in [1.165, 1.54) is 19.4 Å². The molecule has 0 unspecified atom stereocenters. The molecule has 10 heteroatoms. The molecule has 0 aliphatic carbocycles. The number of hydrogen-bond acceptors (Lipinski definition) is 5. The number of carbonyl (C=O) groups excluding carboxylic acids is 1. The van der Waals surface area contributed by atoms with Crippen molar-refractivity contribution < 1.29 is 25.2 Å². The molecule has 0 spiro atoms. The van der Waals surface area contributed by atoms with Crippen molar-refractivity contribution in [2.24, 2.45) is 0 Å². The summed E-state index contributed by atoms with van der Waals surface area (Å²) in [6, 6.07) is 8.56. The summed E-state index contributed by atoms with van der Waals surface area (Å²) in [5.74, 6) is 0.867. The molecule has 1 aromatic heterocycles. The van der Waals surface area contributed by atoms with Gasteiger partial charge in [0, 0.05) is 31.9 Å². The summed E-state index contributed by atoms with van der Waals surface area (Å²) in [7, 11) is 0. The van der Waals surface area contributed by atoms with Crippen LogP contribution in [-0.4, -0.2) is 88.5 Å². The third-order valence-electron chi connectivity index (χ3n) is 5.78. The van der Waals surface area contributed by atoms with Crippen LogP contribution in [0, 0.1) is 0 Å². The number of halogens is 1. The number of likely N-dealkylation sites (tertiary alicyclic amines) is 1. The molecule has 1 aromatic carbocycles. The first-order valence-corrected chi connectivity index (χ1v) is 10.6. The first-order valence-electron chi connectivity index (χ1n) is 10.6. The van der Waals surface area contributed by atoms with Crippen molar-refractivity contribution in [3.8, 4) is 11.4 Å². The van der Waals surface area contributed by atoms with Crippen LogP contribution in [0.25, 0.3) is 5.69 Å². The normalized spacial score (nSPS) is 18.3. The number of morpholine rings is 1. The Morgan fingerprint density at radius 3 is 2.53 bits per heavy atom. The van der Waals surface area contributed by atoms with Crippen molar-refractivity contribution in [2.75, 3.05) is 46.0 Å². The minimum Gasteiger partial charge on any atom is -0.494 e. The quantitative estimate of drug-likeness (QED) is 0.565. The first kappa shape index (κ1) is 27.9. The molecule has 2 fully saturated rings. The van der Waals surface area contributed by atoms with Crippen molar-refractivity contribution in [2.45, 2.75) is 32.2 Å². The zero-order chi connectivity index (χ0) is 20.1. The van der Waals surface area contributed by atoms with E-state index in [4.69, 9.17) is 9.47 Å². The summed E-state index contributed by atoms with van der Waals surface area (Å²) in [4.78, 5) is 16.9. The molecule has 180 valence electrons. The van der Waals surface area contributed by atoms with Gasteiger partial charge in [0.05, 0.1) is 37.3 Å². The molecule has 3 heterocycles. The van der Waals surface area contributed by atoms with Crippen molar-refractivity contribution in [3.63, 3.8) is 0 Å². The van der Waals surface area contributed by atoms with Gasteiger partial charge >= 0.3 is 0 Å². The number of carbonyl (C=O) groups is 1. The smallest absolute Gasteiger partial charge is 0.257 e. The van der Waals surface area contributed by atoms with Gasteiger partial charge in [0.25, 0.3) is 5.91 Å². The summed E-state index contributed by atoms with van der Waals surface area (Å²) in [5, 5.41) is 4.35. The number of benzene rings is 1. The van der Waals surface area contributed by atoms with Crippen LogP contribution in [0.1, 0.15) is 36.5 Å². The summed E-state index contributed by atoms with van der Waals surface area (Å²) < 4.78 is 12.9. The molecule has 32 heavy (non-hydrogen) atoms. The average molecular weight is 471 g/mol. The van der Waals surface area contributed by atoms with E-state index in [1.54, 1.807) is 17.1 Å². The van der Waals surface area contributed by atoms with Gasteiger partial charge < -0.3 is 30.2 Å². The Kier molecular flexibility index (Phi) is 11.7. The number of aromatic nitrogens is 2. The van der Waals surface area contributed by atoms with Gasteiger partial charge in [-0.3, -0.25) is 4.79 Å². The van der Waals surface area contributed by atoms with Gasteiger partial charge in [-0.05, 0) is 57.0 Å². The Labute approximate surface area is 195 Å². The highest BCUT2D eigenvalue weighted by molar-refractivity contribution is 5.93. The van der Waals surface area contributed by atoms with Gasteiger partial charge in [-0.2, -0.15) is 5.10 Å². The lowest BCUT2D eigenvalue weighted by molar-refractivity contribution is 0.0303. The fraction of sp³-hybridized carbons (Fsp3) is 0.545. The molecule has 1 amide bonds. The van der Waals surface area contributed by atoms with Gasteiger partial charge in [0.2, 0.25) is 0 Å². The number of hydrogen-bond donors (Lipinski definition) is 0. The van der Waals surface area contributed by atoms with E-state index in [9.17, 15) is 4.79 Å². The molecule has 0 saturated carbocycles. The summed E-state index contributed by atoms with van der Waals surface area (Å²) in [6.07, 6.45) is 7.08. The molecule has 0 bridgehead atoms. The number of amides is 1. The first-order chi connectivity index (χ1) is 14.2. The molecular weight excluding hydrogens is 436 g/mol. The number of nitrogens with zero attached hydrogens (tertiary/aromatic N) is 4. The molecular formula is C22H35ClN4O5. The van der Waals surface area contributed by atoms with E-state index >= 15 is 0 Å². The topological polar surface area (TPSA) is 123 Å². The predicted octanol–water partition coefficient (Wildman–Crippen LogP) is 1.37. The van der Waals surface area contributed by atoms with Crippen LogP contribution in [0.5, 0.6) is 5.75 Å². The second kappa shape index (κ2) is 13.4. The van der Waals surface area contributed by atoms with Crippen molar-refractivity contribution in [1.29, 1.82) is 0 Å². The Morgan fingerprint density at radius 2 is 1.88 bits per heavy atom. The Morgan fingerprint density at radius 1 is 1.16 bits per heavy atom. The fourth-order valence-electron chi connectivity index (χ4n) is 4.00. The predicted molar refractivity (Wildman–Crippen MR) is 125 cm³/mol. The fourth-order valence-corrected chi connectivity index (χ4v) is 4.00. The van der Waals surface area contributed by atoms with E-state index in [0.29, 0.717) is 37.9 Å². The molecule has 2 aromatic rings. The minimum absolute atomic E-state index is 0. The minimum atomic E-state index is 0. The van der Waals surface area contributed by atoms with Crippen LogP contribution < -0.4 is 4.74 Å². The van der Waals surface area contributed by atoms with Gasteiger partial charge in [-0.15, -0.1) is 12.4 Å². The molecule has 4 rings (SSSR count). The third kappa shape index (κ3) is 6.91. The highest BCUT2D eigenvalue weighted by Gasteiger charge is 2.20. The molecule has 2 aliphatic heterocycles.